The van der Waals surface area contributed by atoms with Crippen LogP contribution in [0.1, 0.15) is 34.3 Å². The Bertz CT molecular complexity index is 764. The molecule has 2 rings (SSSR count). The van der Waals surface area contributed by atoms with Gasteiger partial charge in [-0.2, -0.15) is 0 Å². The molecule has 1 aromatic heterocycles. The molecule has 0 unspecified atom stereocenters. The number of rotatable bonds is 6. The molecule has 0 saturated carbocycles. The molecule has 2 amide bonds. The van der Waals surface area contributed by atoms with Crippen molar-refractivity contribution in [3.63, 3.8) is 0 Å². The summed E-state index contributed by atoms with van der Waals surface area (Å²) < 4.78 is 13.0. The van der Waals surface area contributed by atoms with E-state index in [9.17, 15) is 14.0 Å². The number of benzene rings is 1. The van der Waals surface area contributed by atoms with Crippen molar-refractivity contribution in [1.82, 2.24) is 10.3 Å². The number of carbonyl (C=O) groups excluding carboxylic acids is 2. The Morgan fingerprint density at radius 3 is 2.75 bits per heavy atom. The molecule has 0 aliphatic rings. The zero-order valence-electron chi connectivity index (χ0n) is 13.3. The molecule has 5 nitrogen and oxygen atoms in total. The molecular weight excluding hydrogens is 353 g/mol. The van der Waals surface area contributed by atoms with E-state index in [1.165, 1.54) is 17.4 Å². The largest absolute Gasteiger partial charge is 0.351 e. The van der Waals surface area contributed by atoms with Gasteiger partial charge in [0.15, 0.2) is 5.13 Å². The SMILES string of the molecule is CCc1nc(NC(=O)CCNC(=O)c2ccc(F)cc2Cl)sc1C. The van der Waals surface area contributed by atoms with Crippen molar-refractivity contribution in [2.75, 3.05) is 11.9 Å². The van der Waals surface area contributed by atoms with Crippen molar-refractivity contribution in [1.29, 1.82) is 0 Å². The van der Waals surface area contributed by atoms with Crippen molar-refractivity contribution < 1.29 is 14.0 Å². The minimum Gasteiger partial charge on any atom is -0.351 e. The second-order valence-corrected chi connectivity index (χ2v) is 6.66. The number of amides is 2. The summed E-state index contributed by atoms with van der Waals surface area (Å²) >= 11 is 7.24. The van der Waals surface area contributed by atoms with E-state index < -0.39 is 11.7 Å². The van der Waals surface area contributed by atoms with Crippen LogP contribution in [-0.2, 0) is 11.2 Å². The number of hydrogen-bond acceptors (Lipinski definition) is 4. The van der Waals surface area contributed by atoms with E-state index in [0.29, 0.717) is 5.13 Å². The fourth-order valence-corrected chi connectivity index (χ4v) is 3.22. The summed E-state index contributed by atoms with van der Waals surface area (Å²) in [5.74, 6) is -1.20. The van der Waals surface area contributed by atoms with Gasteiger partial charge in [-0.1, -0.05) is 18.5 Å². The molecule has 2 aromatic rings. The Balaban J connectivity index is 1.82. The fraction of sp³-hybridized carbons (Fsp3) is 0.312. The molecule has 0 bridgehead atoms. The number of carbonyl (C=O) groups is 2. The van der Waals surface area contributed by atoms with Crippen molar-refractivity contribution in [2.45, 2.75) is 26.7 Å². The molecule has 0 aliphatic heterocycles. The van der Waals surface area contributed by atoms with Gasteiger partial charge < -0.3 is 10.6 Å². The number of hydrogen-bond donors (Lipinski definition) is 2. The van der Waals surface area contributed by atoms with Crippen LogP contribution >= 0.6 is 22.9 Å². The third-order valence-electron chi connectivity index (χ3n) is 3.29. The first-order valence-electron chi connectivity index (χ1n) is 7.40. The first-order chi connectivity index (χ1) is 11.4. The topological polar surface area (TPSA) is 71.1 Å². The summed E-state index contributed by atoms with van der Waals surface area (Å²) in [6.45, 7) is 4.10. The lowest BCUT2D eigenvalue weighted by molar-refractivity contribution is -0.116. The molecule has 0 fully saturated rings. The van der Waals surface area contributed by atoms with Gasteiger partial charge in [-0.05, 0) is 31.5 Å². The highest BCUT2D eigenvalue weighted by Crippen LogP contribution is 2.22. The van der Waals surface area contributed by atoms with E-state index in [0.717, 1.165) is 29.1 Å². The van der Waals surface area contributed by atoms with Crippen LogP contribution < -0.4 is 10.6 Å². The molecule has 128 valence electrons. The van der Waals surface area contributed by atoms with Gasteiger partial charge in [-0.15, -0.1) is 11.3 Å². The van der Waals surface area contributed by atoms with Crippen molar-refractivity contribution >= 4 is 39.9 Å². The van der Waals surface area contributed by atoms with Crippen LogP contribution in [0.5, 0.6) is 0 Å². The van der Waals surface area contributed by atoms with Crippen LogP contribution in [0, 0.1) is 12.7 Å². The lowest BCUT2D eigenvalue weighted by atomic mass is 10.2. The Morgan fingerprint density at radius 2 is 2.12 bits per heavy atom. The molecule has 0 spiro atoms. The van der Waals surface area contributed by atoms with E-state index in [-0.39, 0.29) is 29.5 Å². The third kappa shape index (κ3) is 4.75. The molecule has 1 heterocycles. The van der Waals surface area contributed by atoms with Gasteiger partial charge in [0.05, 0.1) is 16.3 Å². The van der Waals surface area contributed by atoms with Gasteiger partial charge in [0.25, 0.3) is 5.91 Å². The van der Waals surface area contributed by atoms with E-state index in [2.05, 4.69) is 15.6 Å². The fourth-order valence-electron chi connectivity index (χ4n) is 2.05. The third-order valence-corrected chi connectivity index (χ3v) is 4.53. The Hall–Kier alpha value is -1.99. The maximum atomic E-state index is 13.0. The summed E-state index contributed by atoms with van der Waals surface area (Å²) in [4.78, 5) is 29.2. The molecule has 1 aromatic carbocycles. The van der Waals surface area contributed by atoms with Gasteiger partial charge in [0, 0.05) is 17.8 Å². The predicted molar refractivity (Wildman–Crippen MR) is 93.2 cm³/mol. The highest BCUT2D eigenvalue weighted by atomic mass is 35.5. The van der Waals surface area contributed by atoms with E-state index >= 15 is 0 Å². The summed E-state index contributed by atoms with van der Waals surface area (Å²) in [7, 11) is 0. The Morgan fingerprint density at radius 1 is 1.38 bits per heavy atom. The summed E-state index contributed by atoms with van der Waals surface area (Å²) in [6, 6.07) is 3.53. The normalized spacial score (nSPS) is 10.5. The minimum absolute atomic E-state index is 0.0299. The Labute approximate surface area is 148 Å². The number of thiazole rings is 1. The van der Waals surface area contributed by atoms with E-state index in [1.807, 2.05) is 13.8 Å². The maximum absolute atomic E-state index is 13.0. The molecule has 24 heavy (non-hydrogen) atoms. The molecule has 8 heteroatoms. The molecule has 2 N–H and O–H groups in total. The standard InChI is InChI=1S/C16H17ClFN3O2S/c1-3-13-9(2)24-16(20-13)21-14(22)6-7-19-15(23)11-5-4-10(18)8-12(11)17/h4-5,8H,3,6-7H2,1-2H3,(H,19,23)(H,20,21,22). The summed E-state index contributed by atoms with van der Waals surface area (Å²) in [5, 5.41) is 5.88. The van der Waals surface area contributed by atoms with Crippen LogP contribution in [0.15, 0.2) is 18.2 Å². The summed E-state index contributed by atoms with van der Waals surface area (Å²) in [5.41, 5.74) is 1.14. The van der Waals surface area contributed by atoms with Crippen LogP contribution in [0.25, 0.3) is 0 Å². The number of halogens is 2. The average Bonchev–Trinajstić information content (AvgIpc) is 2.86. The number of aromatic nitrogens is 1. The highest BCUT2D eigenvalue weighted by Gasteiger charge is 2.12. The number of nitrogens with one attached hydrogen (secondary N) is 2. The quantitative estimate of drug-likeness (QED) is 0.817. The number of aryl methyl sites for hydroxylation is 2. The van der Waals surface area contributed by atoms with Crippen molar-refractivity contribution in [3.05, 3.63) is 45.2 Å². The minimum atomic E-state index is -0.513. The van der Waals surface area contributed by atoms with Crippen molar-refractivity contribution in [3.8, 4) is 0 Å². The van der Waals surface area contributed by atoms with Crippen LogP contribution in [0.2, 0.25) is 5.02 Å². The highest BCUT2D eigenvalue weighted by molar-refractivity contribution is 7.15. The zero-order valence-corrected chi connectivity index (χ0v) is 14.9. The number of anilines is 1. The van der Waals surface area contributed by atoms with Crippen LogP contribution in [0.3, 0.4) is 0 Å². The van der Waals surface area contributed by atoms with Crippen LogP contribution in [0.4, 0.5) is 9.52 Å². The molecule has 0 radical (unpaired) electrons. The van der Waals surface area contributed by atoms with Gasteiger partial charge in [-0.25, -0.2) is 9.37 Å². The lowest BCUT2D eigenvalue weighted by Gasteiger charge is -2.06. The zero-order chi connectivity index (χ0) is 17.7. The monoisotopic (exact) mass is 369 g/mol. The van der Waals surface area contributed by atoms with Gasteiger partial charge in [0.2, 0.25) is 5.91 Å². The average molecular weight is 370 g/mol. The maximum Gasteiger partial charge on any atom is 0.252 e. The van der Waals surface area contributed by atoms with Gasteiger partial charge in [-0.3, -0.25) is 9.59 Å². The molecule has 0 aliphatic carbocycles. The van der Waals surface area contributed by atoms with Gasteiger partial charge >= 0.3 is 0 Å². The van der Waals surface area contributed by atoms with Gasteiger partial charge in [0.1, 0.15) is 5.82 Å². The molecule has 0 atom stereocenters. The second kappa shape index (κ2) is 8.21. The smallest absolute Gasteiger partial charge is 0.252 e. The summed E-state index contributed by atoms with van der Waals surface area (Å²) in [6.07, 6.45) is 0.914. The molecule has 0 saturated heterocycles. The van der Waals surface area contributed by atoms with E-state index in [4.69, 9.17) is 11.6 Å². The van der Waals surface area contributed by atoms with E-state index in [1.54, 1.807) is 0 Å². The molecular formula is C16H17ClFN3O2S. The second-order valence-electron chi connectivity index (χ2n) is 5.05. The predicted octanol–water partition coefficient (Wildman–Crippen LogP) is 3.57. The lowest BCUT2D eigenvalue weighted by Crippen LogP contribution is -2.27. The number of nitrogens with zero attached hydrogens (tertiary/aromatic N) is 1. The van der Waals surface area contributed by atoms with Crippen molar-refractivity contribution in [2.24, 2.45) is 0 Å². The first kappa shape index (κ1) is 18.4. The first-order valence-corrected chi connectivity index (χ1v) is 8.59. The Kier molecular flexibility index (Phi) is 6.28. The van der Waals surface area contributed by atoms with Crippen LogP contribution in [-0.4, -0.2) is 23.3 Å².